The summed E-state index contributed by atoms with van der Waals surface area (Å²) in [6, 6.07) is 14.0. The molecule has 0 bridgehead atoms. The maximum Gasteiger partial charge on any atom is 0.160 e. The number of aromatic nitrogens is 1. The fourth-order valence-electron chi connectivity index (χ4n) is 3.34. The maximum absolute atomic E-state index is 10.6. The Morgan fingerprint density at radius 2 is 1.85 bits per heavy atom. The number of aromatic amines is 1. The molecule has 0 amide bonds. The van der Waals surface area contributed by atoms with Gasteiger partial charge in [0.2, 0.25) is 0 Å². The van der Waals surface area contributed by atoms with Crippen LogP contribution in [0.1, 0.15) is 22.9 Å². The first-order valence-corrected chi connectivity index (χ1v) is 8.81. The molecule has 26 heavy (non-hydrogen) atoms. The van der Waals surface area contributed by atoms with Crippen LogP contribution in [0.5, 0.6) is 11.5 Å². The molecule has 0 saturated heterocycles. The lowest BCUT2D eigenvalue weighted by atomic mass is 10.1. The molecule has 3 N–H and O–H groups in total. The molecule has 5 heteroatoms. The van der Waals surface area contributed by atoms with E-state index in [4.69, 9.17) is 9.47 Å². The number of hydrogen-bond donors (Lipinski definition) is 3. The Morgan fingerprint density at radius 1 is 1.08 bits per heavy atom. The number of para-hydroxylation sites is 1. The molecular formula is C21H26N2O3. The van der Waals surface area contributed by atoms with E-state index < -0.39 is 6.10 Å². The van der Waals surface area contributed by atoms with Crippen LogP contribution in [-0.4, -0.2) is 37.4 Å². The molecule has 1 heterocycles. The Hall–Kier alpha value is -2.50. The largest absolute Gasteiger partial charge is 0.493 e. The summed E-state index contributed by atoms with van der Waals surface area (Å²) in [7, 11) is 3.27. The van der Waals surface area contributed by atoms with Crippen molar-refractivity contribution < 1.29 is 14.6 Å². The number of nitrogens with one attached hydrogen (secondary N) is 2. The highest BCUT2D eigenvalue weighted by molar-refractivity contribution is 5.84. The van der Waals surface area contributed by atoms with Crippen LogP contribution in [0.25, 0.3) is 10.9 Å². The minimum absolute atomic E-state index is 0.510. The molecular weight excluding hydrogens is 328 g/mol. The summed E-state index contributed by atoms with van der Waals surface area (Å²) < 4.78 is 10.6. The van der Waals surface area contributed by atoms with Gasteiger partial charge in [0.15, 0.2) is 11.5 Å². The molecule has 0 aliphatic rings. The monoisotopic (exact) mass is 354 g/mol. The molecule has 2 aromatic carbocycles. The zero-order chi connectivity index (χ0) is 18.5. The van der Waals surface area contributed by atoms with Crippen molar-refractivity contribution in [3.63, 3.8) is 0 Å². The van der Waals surface area contributed by atoms with Gasteiger partial charge in [0, 0.05) is 28.7 Å². The topological polar surface area (TPSA) is 66.5 Å². The number of benzene rings is 2. The third kappa shape index (κ3) is 3.84. The van der Waals surface area contributed by atoms with Gasteiger partial charge in [0.1, 0.15) is 0 Å². The van der Waals surface area contributed by atoms with Crippen LogP contribution >= 0.6 is 0 Å². The molecule has 1 atom stereocenters. The molecule has 5 nitrogen and oxygen atoms in total. The molecule has 0 aliphatic heterocycles. The minimum atomic E-state index is -0.545. The van der Waals surface area contributed by atoms with Crippen LogP contribution in [-0.2, 0) is 6.42 Å². The van der Waals surface area contributed by atoms with Crippen molar-refractivity contribution in [2.24, 2.45) is 0 Å². The van der Waals surface area contributed by atoms with Crippen LogP contribution in [0.3, 0.4) is 0 Å². The van der Waals surface area contributed by atoms with Crippen molar-refractivity contribution in [1.82, 2.24) is 10.3 Å². The molecule has 0 aliphatic carbocycles. The van der Waals surface area contributed by atoms with Crippen LogP contribution < -0.4 is 14.8 Å². The third-order valence-electron chi connectivity index (χ3n) is 4.65. The van der Waals surface area contributed by atoms with E-state index in [9.17, 15) is 5.11 Å². The van der Waals surface area contributed by atoms with Gasteiger partial charge in [-0.3, -0.25) is 0 Å². The van der Waals surface area contributed by atoms with Crippen LogP contribution in [0.15, 0.2) is 42.5 Å². The first kappa shape index (κ1) is 18.3. The number of rotatable bonds is 8. The first-order chi connectivity index (χ1) is 12.6. The van der Waals surface area contributed by atoms with Gasteiger partial charge in [0.05, 0.1) is 20.3 Å². The summed E-state index contributed by atoms with van der Waals surface area (Å²) in [6.07, 6.45) is 0.302. The van der Waals surface area contributed by atoms with Gasteiger partial charge in [-0.1, -0.05) is 24.3 Å². The number of H-pyrrole nitrogens is 1. The fourth-order valence-corrected chi connectivity index (χ4v) is 3.34. The van der Waals surface area contributed by atoms with E-state index in [0.717, 1.165) is 52.2 Å². The van der Waals surface area contributed by atoms with Gasteiger partial charge in [-0.2, -0.15) is 0 Å². The van der Waals surface area contributed by atoms with Crippen LogP contribution in [0.2, 0.25) is 0 Å². The molecule has 0 fully saturated rings. The van der Waals surface area contributed by atoms with E-state index in [1.807, 2.05) is 49.4 Å². The molecule has 0 unspecified atom stereocenters. The summed E-state index contributed by atoms with van der Waals surface area (Å²) in [5, 5.41) is 15.0. The van der Waals surface area contributed by atoms with Crippen molar-refractivity contribution in [2.45, 2.75) is 19.4 Å². The highest BCUT2D eigenvalue weighted by Crippen LogP contribution is 2.28. The van der Waals surface area contributed by atoms with Gasteiger partial charge in [-0.15, -0.1) is 0 Å². The lowest BCUT2D eigenvalue weighted by Gasteiger charge is -2.13. The second kappa shape index (κ2) is 8.25. The highest BCUT2D eigenvalue weighted by Gasteiger charge is 2.16. The van der Waals surface area contributed by atoms with Crippen molar-refractivity contribution in [2.75, 3.05) is 27.3 Å². The van der Waals surface area contributed by atoms with Gasteiger partial charge in [-0.25, -0.2) is 0 Å². The van der Waals surface area contributed by atoms with Crippen LogP contribution in [0, 0.1) is 6.92 Å². The van der Waals surface area contributed by atoms with Crippen molar-refractivity contribution in [3.05, 3.63) is 59.3 Å². The second-order valence-corrected chi connectivity index (χ2v) is 6.37. The number of aliphatic hydroxyl groups is 1. The average Bonchev–Trinajstić information content (AvgIpc) is 3.00. The van der Waals surface area contributed by atoms with Crippen molar-refractivity contribution in [3.8, 4) is 11.5 Å². The quantitative estimate of drug-likeness (QED) is 0.543. The zero-order valence-electron chi connectivity index (χ0n) is 15.5. The molecule has 3 aromatic rings. The normalized spacial score (nSPS) is 12.3. The molecule has 3 rings (SSSR count). The number of aliphatic hydroxyl groups excluding tert-OH is 1. The first-order valence-electron chi connectivity index (χ1n) is 8.81. The molecule has 0 saturated carbocycles. The summed E-state index contributed by atoms with van der Waals surface area (Å²) in [6.45, 7) is 3.28. The number of fused-ring (bicyclic) bond motifs is 1. The van der Waals surface area contributed by atoms with E-state index in [1.165, 1.54) is 0 Å². The zero-order valence-corrected chi connectivity index (χ0v) is 15.5. The van der Waals surface area contributed by atoms with E-state index >= 15 is 0 Å². The average molecular weight is 354 g/mol. The van der Waals surface area contributed by atoms with E-state index in [-0.39, 0.29) is 0 Å². The van der Waals surface area contributed by atoms with Crippen LogP contribution in [0.4, 0.5) is 0 Å². The standard InChI is InChI=1S/C21H26N2O3/c1-14-21(16-6-4-5-7-17(16)23-14)18(24)13-22-11-10-15-8-9-19(25-2)20(12-15)26-3/h4-9,12,18,22-24H,10-11,13H2,1-3H3/t18-/m1/s1. The van der Waals surface area contributed by atoms with E-state index in [1.54, 1.807) is 14.2 Å². The Balaban J connectivity index is 1.57. The van der Waals surface area contributed by atoms with Crippen molar-refractivity contribution >= 4 is 10.9 Å². The fraction of sp³-hybridized carbons (Fsp3) is 0.333. The molecule has 0 radical (unpaired) electrons. The predicted octanol–water partition coefficient (Wildman–Crippen LogP) is 3.36. The Kier molecular flexibility index (Phi) is 5.81. The molecule has 0 spiro atoms. The lowest BCUT2D eigenvalue weighted by Crippen LogP contribution is -2.24. The second-order valence-electron chi connectivity index (χ2n) is 6.37. The van der Waals surface area contributed by atoms with Gasteiger partial charge in [0.25, 0.3) is 0 Å². The smallest absolute Gasteiger partial charge is 0.160 e. The number of hydrogen-bond acceptors (Lipinski definition) is 4. The SMILES string of the molecule is COc1ccc(CCNC[C@@H](O)c2c(C)[nH]c3ccccc23)cc1OC. The predicted molar refractivity (Wildman–Crippen MR) is 104 cm³/mol. The van der Waals surface area contributed by atoms with E-state index in [0.29, 0.717) is 6.54 Å². The Bertz CT molecular complexity index is 873. The molecule has 1 aromatic heterocycles. The summed E-state index contributed by atoms with van der Waals surface area (Å²) in [4.78, 5) is 3.33. The van der Waals surface area contributed by atoms with Crippen molar-refractivity contribution in [1.29, 1.82) is 0 Å². The van der Waals surface area contributed by atoms with E-state index in [2.05, 4.69) is 10.3 Å². The lowest BCUT2D eigenvalue weighted by molar-refractivity contribution is 0.176. The highest BCUT2D eigenvalue weighted by atomic mass is 16.5. The minimum Gasteiger partial charge on any atom is -0.493 e. The van der Waals surface area contributed by atoms with Gasteiger partial charge >= 0.3 is 0 Å². The number of aryl methyl sites for hydroxylation is 1. The molecule has 138 valence electrons. The summed E-state index contributed by atoms with van der Waals surface area (Å²) >= 11 is 0. The summed E-state index contributed by atoms with van der Waals surface area (Å²) in [5.74, 6) is 1.47. The number of ether oxygens (including phenoxy) is 2. The van der Waals surface area contributed by atoms with Gasteiger partial charge < -0.3 is 24.9 Å². The Morgan fingerprint density at radius 3 is 2.62 bits per heavy atom. The number of methoxy groups -OCH3 is 2. The maximum atomic E-state index is 10.6. The Labute approximate surface area is 154 Å². The van der Waals surface area contributed by atoms with Gasteiger partial charge in [-0.05, 0) is 43.7 Å². The third-order valence-corrected chi connectivity index (χ3v) is 4.65. The summed E-state index contributed by atoms with van der Waals surface area (Å²) in [5.41, 5.74) is 4.21.